The molecule has 0 amide bonds. The van der Waals surface area contributed by atoms with Gasteiger partial charge < -0.3 is 15.1 Å². The monoisotopic (exact) mass is 253 g/mol. The summed E-state index contributed by atoms with van der Waals surface area (Å²) in [7, 11) is 2.25. The molecule has 3 nitrogen and oxygen atoms in total. The molecule has 106 valence electrons. The topological polar surface area (TPSA) is 18.5 Å². The molecule has 0 radical (unpaired) electrons. The van der Waals surface area contributed by atoms with Crippen LogP contribution in [-0.4, -0.2) is 62.7 Å². The highest BCUT2D eigenvalue weighted by Crippen LogP contribution is 2.22. The van der Waals surface area contributed by atoms with Gasteiger partial charge in [-0.1, -0.05) is 6.92 Å². The predicted molar refractivity (Wildman–Crippen MR) is 77.9 cm³/mol. The van der Waals surface area contributed by atoms with Crippen LogP contribution in [0.1, 0.15) is 32.6 Å². The molecule has 1 unspecified atom stereocenters. The van der Waals surface area contributed by atoms with Gasteiger partial charge in [-0.05, 0) is 77.3 Å². The van der Waals surface area contributed by atoms with Crippen molar-refractivity contribution < 1.29 is 0 Å². The van der Waals surface area contributed by atoms with Gasteiger partial charge in [-0.3, -0.25) is 0 Å². The normalized spacial score (nSPS) is 28.0. The zero-order chi connectivity index (χ0) is 12.8. The molecule has 2 fully saturated rings. The third-order valence-electron chi connectivity index (χ3n) is 4.58. The number of rotatable bonds is 6. The Morgan fingerprint density at radius 3 is 2.50 bits per heavy atom. The molecule has 0 spiro atoms. The summed E-state index contributed by atoms with van der Waals surface area (Å²) in [6.45, 7) is 11.3. The summed E-state index contributed by atoms with van der Waals surface area (Å²) in [4.78, 5) is 5.19. The molecule has 3 heteroatoms. The van der Waals surface area contributed by atoms with E-state index in [-0.39, 0.29) is 0 Å². The van der Waals surface area contributed by atoms with Gasteiger partial charge in [0.2, 0.25) is 0 Å². The van der Waals surface area contributed by atoms with Gasteiger partial charge in [0.05, 0.1) is 0 Å². The van der Waals surface area contributed by atoms with E-state index in [1.165, 1.54) is 71.5 Å². The average molecular weight is 253 g/mol. The molecule has 1 atom stereocenters. The van der Waals surface area contributed by atoms with Crippen LogP contribution < -0.4 is 5.32 Å². The Labute approximate surface area is 113 Å². The van der Waals surface area contributed by atoms with Crippen molar-refractivity contribution in [2.45, 2.75) is 32.6 Å². The molecular formula is C15H31N3. The van der Waals surface area contributed by atoms with Crippen LogP contribution in [0.15, 0.2) is 0 Å². The van der Waals surface area contributed by atoms with E-state index >= 15 is 0 Å². The van der Waals surface area contributed by atoms with E-state index in [9.17, 15) is 0 Å². The van der Waals surface area contributed by atoms with Crippen molar-refractivity contribution in [3.05, 3.63) is 0 Å². The standard InChI is InChI=1S/C15H31N3/c1-3-7-16-11-15-6-10-18(13-15)12-14-4-8-17(2)9-5-14/h14-16H,3-13H2,1-2H3. The fourth-order valence-electron chi connectivity index (χ4n) is 3.34. The number of nitrogens with one attached hydrogen (secondary N) is 1. The Morgan fingerprint density at radius 2 is 1.78 bits per heavy atom. The lowest BCUT2D eigenvalue weighted by molar-refractivity contribution is 0.173. The van der Waals surface area contributed by atoms with E-state index < -0.39 is 0 Å². The van der Waals surface area contributed by atoms with Crippen molar-refractivity contribution >= 4 is 0 Å². The summed E-state index contributed by atoms with van der Waals surface area (Å²) in [5.74, 6) is 1.87. The first kappa shape index (κ1) is 14.3. The summed E-state index contributed by atoms with van der Waals surface area (Å²) < 4.78 is 0. The third-order valence-corrected chi connectivity index (χ3v) is 4.58. The summed E-state index contributed by atoms with van der Waals surface area (Å²) in [6, 6.07) is 0. The lowest BCUT2D eigenvalue weighted by Crippen LogP contribution is -2.36. The van der Waals surface area contributed by atoms with Crippen molar-refractivity contribution in [3.63, 3.8) is 0 Å². The van der Waals surface area contributed by atoms with Crippen LogP contribution in [0.5, 0.6) is 0 Å². The highest BCUT2D eigenvalue weighted by Gasteiger charge is 2.25. The summed E-state index contributed by atoms with van der Waals surface area (Å²) in [5, 5.41) is 3.57. The van der Waals surface area contributed by atoms with E-state index in [0.717, 1.165) is 11.8 Å². The van der Waals surface area contributed by atoms with Crippen LogP contribution in [0.2, 0.25) is 0 Å². The maximum atomic E-state index is 3.57. The third kappa shape index (κ3) is 4.52. The number of hydrogen-bond acceptors (Lipinski definition) is 3. The predicted octanol–water partition coefficient (Wildman–Crippen LogP) is 1.65. The van der Waals surface area contributed by atoms with Crippen LogP contribution >= 0.6 is 0 Å². The molecular weight excluding hydrogens is 222 g/mol. The minimum Gasteiger partial charge on any atom is -0.316 e. The van der Waals surface area contributed by atoms with E-state index in [1.54, 1.807) is 0 Å². The zero-order valence-corrected chi connectivity index (χ0v) is 12.3. The van der Waals surface area contributed by atoms with Crippen LogP contribution in [0.4, 0.5) is 0 Å². The Balaban J connectivity index is 1.60. The maximum absolute atomic E-state index is 3.57. The average Bonchev–Trinajstić information content (AvgIpc) is 2.80. The van der Waals surface area contributed by atoms with Crippen LogP contribution in [0.25, 0.3) is 0 Å². The van der Waals surface area contributed by atoms with E-state index in [4.69, 9.17) is 0 Å². The largest absolute Gasteiger partial charge is 0.316 e. The van der Waals surface area contributed by atoms with Crippen LogP contribution in [0.3, 0.4) is 0 Å². The second kappa shape index (κ2) is 7.46. The SMILES string of the molecule is CCCNCC1CCN(CC2CCN(C)CC2)C1. The summed E-state index contributed by atoms with van der Waals surface area (Å²) in [5.41, 5.74) is 0. The highest BCUT2D eigenvalue weighted by molar-refractivity contribution is 4.80. The highest BCUT2D eigenvalue weighted by atomic mass is 15.2. The van der Waals surface area contributed by atoms with Crippen LogP contribution in [0, 0.1) is 11.8 Å². The Kier molecular flexibility index (Phi) is 5.93. The Morgan fingerprint density at radius 1 is 1.06 bits per heavy atom. The fraction of sp³-hybridized carbons (Fsp3) is 1.00. The minimum atomic E-state index is 0.905. The van der Waals surface area contributed by atoms with Gasteiger partial charge in [0.15, 0.2) is 0 Å². The Hall–Kier alpha value is -0.120. The first-order chi connectivity index (χ1) is 8.78. The molecule has 0 aliphatic carbocycles. The van der Waals surface area contributed by atoms with Gasteiger partial charge in [0.25, 0.3) is 0 Å². The molecule has 2 heterocycles. The van der Waals surface area contributed by atoms with Gasteiger partial charge in [-0.25, -0.2) is 0 Å². The molecule has 18 heavy (non-hydrogen) atoms. The van der Waals surface area contributed by atoms with Gasteiger partial charge in [0, 0.05) is 13.1 Å². The van der Waals surface area contributed by atoms with Gasteiger partial charge in [0.1, 0.15) is 0 Å². The molecule has 0 saturated carbocycles. The molecule has 2 saturated heterocycles. The lowest BCUT2D eigenvalue weighted by atomic mass is 9.97. The van der Waals surface area contributed by atoms with Crippen LogP contribution in [-0.2, 0) is 0 Å². The quantitative estimate of drug-likeness (QED) is 0.726. The number of piperidine rings is 1. The summed E-state index contributed by atoms with van der Waals surface area (Å²) >= 11 is 0. The molecule has 2 rings (SSSR count). The number of hydrogen-bond donors (Lipinski definition) is 1. The zero-order valence-electron chi connectivity index (χ0n) is 12.3. The molecule has 0 aromatic carbocycles. The second-order valence-electron chi connectivity index (χ2n) is 6.37. The van der Waals surface area contributed by atoms with Crippen molar-refractivity contribution in [2.24, 2.45) is 11.8 Å². The molecule has 0 aromatic rings. The Bertz CT molecular complexity index is 224. The first-order valence-corrected chi connectivity index (χ1v) is 7.89. The van der Waals surface area contributed by atoms with Crippen molar-refractivity contribution in [1.29, 1.82) is 0 Å². The fourth-order valence-corrected chi connectivity index (χ4v) is 3.34. The molecule has 0 bridgehead atoms. The van der Waals surface area contributed by atoms with E-state index in [1.807, 2.05) is 0 Å². The van der Waals surface area contributed by atoms with E-state index in [2.05, 4.69) is 29.1 Å². The van der Waals surface area contributed by atoms with Crippen molar-refractivity contribution in [2.75, 3.05) is 52.9 Å². The van der Waals surface area contributed by atoms with Gasteiger partial charge in [-0.2, -0.15) is 0 Å². The smallest absolute Gasteiger partial charge is 0.00224 e. The van der Waals surface area contributed by atoms with Gasteiger partial charge >= 0.3 is 0 Å². The number of likely N-dealkylation sites (tertiary alicyclic amines) is 2. The van der Waals surface area contributed by atoms with Gasteiger partial charge in [-0.15, -0.1) is 0 Å². The molecule has 1 N–H and O–H groups in total. The molecule has 2 aliphatic heterocycles. The van der Waals surface area contributed by atoms with Crippen molar-refractivity contribution in [1.82, 2.24) is 15.1 Å². The first-order valence-electron chi connectivity index (χ1n) is 7.89. The minimum absolute atomic E-state index is 0.905. The van der Waals surface area contributed by atoms with E-state index in [0.29, 0.717) is 0 Å². The molecule has 2 aliphatic rings. The van der Waals surface area contributed by atoms with Crippen molar-refractivity contribution in [3.8, 4) is 0 Å². The summed E-state index contributed by atoms with van der Waals surface area (Å²) in [6.07, 6.45) is 5.48. The number of nitrogens with zero attached hydrogens (tertiary/aromatic N) is 2. The lowest BCUT2D eigenvalue weighted by Gasteiger charge is -2.31. The molecule has 0 aromatic heterocycles. The maximum Gasteiger partial charge on any atom is 0.00224 e. The second-order valence-corrected chi connectivity index (χ2v) is 6.37.